The number of hydrogen-bond donors (Lipinski definition) is 0. The van der Waals surface area contributed by atoms with Crippen molar-refractivity contribution in [1.82, 2.24) is 0 Å². The van der Waals surface area contributed by atoms with Crippen molar-refractivity contribution in [1.29, 1.82) is 0 Å². The molecule has 1 atom stereocenters. The fourth-order valence-corrected chi connectivity index (χ4v) is 3.80. The van der Waals surface area contributed by atoms with Gasteiger partial charge in [0.25, 0.3) is 0 Å². The van der Waals surface area contributed by atoms with Crippen LogP contribution in [0.1, 0.15) is 54.9 Å². The molecule has 20 heavy (non-hydrogen) atoms. The second-order valence-electron chi connectivity index (χ2n) is 6.80. The van der Waals surface area contributed by atoms with E-state index < -0.39 is 21.5 Å². The van der Waals surface area contributed by atoms with Gasteiger partial charge in [-0.25, -0.2) is 4.79 Å². The second kappa shape index (κ2) is 6.52. The maximum atomic E-state index is 11.8. The highest BCUT2D eigenvalue weighted by atomic mass is 32.3. The molecule has 0 aromatic heterocycles. The van der Waals surface area contributed by atoms with Crippen LogP contribution >= 0.6 is 10.3 Å². The standard InChI is InChI=1S/C16H32O3S/c1-11-13(4)20(9,10)19-16(7,8)15(5,6)18-14(17)12(2)3/h13H,2,11H2,1,3-10H3. The van der Waals surface area contributed by atoms with Crippen molar-refractivity contribution < 1.29 is 13.7 Å². The molecule has 0 aromatic rings. The molecule has 0 saturated heterocycles. The van der Waals surface area contributed by atoms with E-state index >= 15 is 0 Å². The van der Waals surface area contributed by atoms with Gasteiger partial charge >= 0.3 is 5.97 Å². The minimum Gasteiger partial charge on any atom is -0.453 e. The third kappa shape index (κ3) is 4.81. The van der Waals surface area contributed by atoms with Gasteiger partial charge in [0.2, 0.25) is 0 Å². The lowest BCUT2D eigenvalue weighted by molar-refractivity contribution is -0.170. The van der Waals surface area contributed by atoms with Crippen LogP contribution < -0.4 is 0 Å². The van der Waals surface area contributed by atoms with Crippen molar-refractivity contribution in [2.45, 2.75) is 71.3 Å². The van der Waals surface area contributed by atoms with Gasteiger partial charge in [-0.05, 0) is 53.6 Å². The summed E-state index contributed by atoms with van der Waals surface area (Å²) < 4.78 is 12.0. The first-order valence-electron chi connectivity index (χ1n) is 7.08. The number of carbonyl (C=O) groups excluding carboxylic acids is 1. The SMILES string of the molecule is C=C(C)C(=O)OC(C)(C)C(C)(C)OS(C)(C)C(C)CC. The molecule has 0 aliphatic rings. The molecule has 0 radical (unpaired) electrons. The highest BCUT2D eigenvalue weighted by molar-refractivity contribution is 8.29. The maximum Gasteiger partial charge on any atom is 0.333 e. The van der Waals surface area contributed by atoms with E-state index in [1.54, 1.807) is 6.92 Å². The van der Waals surface area contributed by atoms with Crippen molar-refractivity contribution in [3.8, 4) is 0 Å². The zero-order valence-corrected chi connectivity index (χ0v) is 15.4. The van der Waals surface area contributed by atoms with Crippen molar-refractivity contribution in [3.05, 3.63) is 12.2 Å². The highest BCUT2D eigenvalue weighted by Gasteiger charge is 2.45. The van der Waals surface area contributed by atoms with Gasteiger partial charge in [-0.2, -0.15) is 0 Å². The lowest BCUT2D eigenvalue weighted by Crippen LogP contribution is -2.51. The number of carbonyl (C=O) groups is 1. The molecule has 0 saturated carbocycles. The quantitative estimate of drug-likeness (QED) is 0.514. The Kier molecular flexibility index (Phi) is 6.37. The summed E-state index contributed by atoms with van der Waals surface area (Å²) in [5.41, 5.74) is -0.886. The summed E-state index contributed by atoms with van der Waals surface area (Å²) in [6.45, 7) is 17.4. The summed E-state index contributed by atoms with van der Waals surface area (Å²) in [4.78, 5) is 11.8. The molecule has 0 N–H and O–H groups in total. The Morgan fingerprint density at radius 3 is 2.00 bits per heavy atom. The summed E-state index contributed by atoms with van der Waals surface area (Å²) >= 11 is 0. The lowest BCUT2D eigenvalue weighted by atomic mass is 9.89. The van der Waals surface area contributed by atoms with Gasteiger partial charge in [0.15, 0.2) is 0 Å². The third-order valence-corrected chi connectivity index (χ3v) is 7.23. The molecule has 0 fully saturated rings. The Balaban J connectivity index is 5.11. The van der Waals surface area contributed by atoms with E-state index in [0.717, 1.165) is 6.42 Å². The summed E-state index contributed by atoms with van der Waals surface area (Å²) in [7, 11) is -1.22. The van der Waals surface area contributed by atoms with E-state index in [9.17, 15) is 4.79 Å². The molecule has 4 heteroatoms. The molecular weight excluding hydrogens is 272 g/mol. The van der Waals surface area contributed by atoms with Crippen molar-refractivity contribution in [3.63, 3.8) is 0 Å². The molecule has 1 unspecified atom stereocenters. The van der Waals surface area contributed by atoms with Crippen LogP contribution in [0.3, 0.4) is 0 Å². The number of hydrogen-bond acceptors (Lipinski definition) is 3. The molecule has 0 bridgehead atoms. The minimum atomic E-state index is -1.22. The Hall–Kier alpha value is -0.480. The van der Waals surface area contributed by atoms with Crippen molar-refractivity contribution in [2.75, 3.05) is 12.5 Å². The number of ether oxygens (including phenoxy) is 1. The molecule has 3 nitrogen and oxygen atoms in total. The predicted octanol–water partition coefficient (Wildman–Crippen LogP) is 4.46. The Labute approximate surface area is 126 Å². The zero-order valence-electron chi connectivity index (χ0n) is 14.6. The minimum absolute atomic E-state index is 0.372. The normalized spacial score (nSPS) is 15.7. The molecule has 120 valence electrons. The van der Waals surface area contributed by atoms with Gasteiger partial charge in [-0.15, -0.1) is 10.3 Å². The first kappa shape index (κ1) is 19.5. The van der Waals surface area contributed by atoms with Gasteiger partial charge < -0.3 is 8.92 Å². The predicted molar refractivity (Wildman–Crippen MR) is 89.3 cm³/mol. The maximum absolute atomic E-state index is 11.8. The van der Waals surface area contributed by atoms with E-state index in [0.29, 0.717) is 10.8 Å². The Bertz CT molecular complexity index is 370. The smallest absolute Gasteiger partial charge is 0.333 e. The molecule has 0 amide bonds. The van der Waals surface area contributed by atoms with E-state index in [4.69, 9.17) is 8.92 Å². The van der Waals surface area contributed by atoms with Crippen molar-refractivity contribution in [2.24, 2.45) is 0 Å². The molecule has 0 heterocycles. The molecule has 0 aliphatic heterocycles. The Morgan fingerprint density at radius 2 is 1.65 bits per heavy atom. The monoisotopic (exact) mass is 304 g/mol. The lowest BCUT2D eigenvalue weighted by Gasteiger charge is -2.49. The molecule has 0 rings (SSSR count). The fourth-order valence-electron chi connectivity index (χ4n) is 1.56. The van der Waals surface area contributed by atoms with Gasteiger partial charge in [0, 0.05) is 10.8 Å². The van der Waals surface area contributed by atoms with Crippen LogP contribution in [0.25, 0.3) is 0 Å². The topological polar surface area (TPSA) is 35.5 Å². The van der Waals surface area contributed by atoms with Crippen LogP contribution in [0.4, 0.5) is 0 Å². The molecule has 0 aliphatic carbocycles. The average Bonchev–Trinajstić information content (AvgIpc) is 2.25. The average molecular weight is 304 g/mol. The first-order valence-corrected chi connectivity index (χ1v) is 9.52. The summed E-state index contributed by atoms with van der Waals surface area (Å²) in [5, 5.41) is 0.495. The van der Waals surface area contributed by atoms with E-state index in [2.05, 4.69) is 32.9 Å². The molecule has 0 spiro atoms. The zero-order chi connectivity index (χ0) is 16.4. The van der Waals surface area contributed by atoms with Crippen molar-refractivity contribution >= 4 is 16.3 Å². The fraction of sp³-hybridized carbons (Fsp3) is 0.812. The van der Waals surface area contributed by atoms with Crippen LogP contribution in [0, 0.1) is 0 Å². The first-order chi connectivity index (χ1) is 8.77. The highest BCUT2D eigenvalue weighted by Crippen LogP contribution is 2.53. The van der Waals surface area contributed by atoms with Crippen LogP contribution in [0.2, 0.25) is 0 Å². The second-order valence-corrected chi connectivity index (χ2v) is 10.4. The van der Waals surface area contributed by atoms with Crippen LogP contribution in [0.5, 0.6) is 0 Å². The van der Waals surface area contributed by atoms with E-state index in [-0.39, 0.29) is 5.97 Å². The summed E-state index contributed by atoms with van der Waals surface area (Å²) in [5.74, 6) is -0.372. The molecular formula is C16H32O3S. The third-order valence-electron chi connectivity index (χ3n) is 4.11. The van der Waals surface area contributed by atoms with E-state index in [1.807, 2.05) is 27.7 Å². The summed E-state index contributed by atoms with van der Waals surface area (Å²) in [6, 6.07) is 0. The van der Waals surface area contributed by atoms with Gasteiger partial charge in [-0.3, -0.25) is 0 Å². The largest absolute Gasteiger partial charge is 0.453 e. The Morgan fingerprint density at radius 1 is 1.20 bits per heavy atom. The molecule has 0 aromatic carbocycles. The van der Waals surface area contributed by atoms with Gasteiger partial charge in [0.1, 0.15) is 11.2 Å². The number of rotatable bonds is 7. The van der Waals surface area contributed by atoms with Gasteiger partial charge in [-0.1, -0.05) is 20.4 Å². The van der Waals surface area contributed by atoms with Crippen LogP contribution in [-0.2, 0) is 13.7 Å². The summed E-state index contributed by atoms with van der Waals surface area (Å²) in [6.07, 6.45) is 5.41. The van der Waals surface area contributed by atoms with Crippen LogP contribution in [0.15, 0.2) is 12.2 Å². The number of esters is 1. The van der Waals surface area contributed by atoms with Gasteiger partial charge in [0.05, 0.1) is 0 Å². The van der Waals surface area contributed by atoms with Crippen LogP contribution in [-0.4, -0.2) is 34.9 Å². The van der Waals surface area contributed by atoms with E-state index in [1.165, 1.54) is 0 Å².